The monoisotopic (exact) mass is 296 g/mol. The van der Waals surface area contributed by atoms with Crippen LogP contribution < -0.4 is 4.90 Å². The van der Waals surface area contributed by atoms with E-state index in [2.05, 4.69) is 32.7 Å². The van der Waals surface area contributed by atoms with Gasteiger partial charge in [0.2, 0.25) is 0 Å². The van der Waals surface area contributed by atoms with E-state index in [1.807, 2.05) is 0 Å². The summed E-state index contributed by atoms with van der Waals surface area (Å²) in [5, 5.41) is 10.6. The van der Waals surface area contributed by atoms with Crippen molar-refractivity contribution in [3.8, 4) is 0 Å². The largest absolute Gasteiger partial charge is 0.391 e. The van der Waals surface area contributed by atoms with Crippen molar-refractivity contribution in [3.63, 3.8) is 0 Å². The summed E-state index contributed by atoms with van der Waals surface area (Å²) in [5.74, 6) is 1.25. The molecule has 1 N–H and O–H groups in total. The lowest BCUT2D eigenvalue weighted by molar-refractivity contribution is 0.283. The lowest BCUT2D eigenvalue weighted by Gasteiger charge is -2.34. The molecule has 0 amide bonds. The summed E-state index contributed by atoms with van der Waals surface area (Å²) in [6, 6.07) is 0.612. The first-order valence-corrected chi connectivity index (χ1v) is 8.71. The lowest BCUT2D eigenvalue weighted by atomic mass is 9.86. The van der Waals surface area contributed by atoms with Crippen LogP contribution in [-0.2, 0) is 6.61 Å². The van der Waals surface area contributed by atoms with Gasteiger partial charge < -0.3 is 10.0 Å². The molecule has 0 aliphatic heterocycles. The Morgan fingerprint density at radius 1 is 1.45 bits per heavy atom. The van der Waals surface area contributed by atoms with Crippen molar-refractivity contribution in [1.82, 2.24) is 4.98 Å². The fourth-order valence-electron chi connectivity index (χ4n) is 3.10. The SMILES string of the molecule is CCC(C)c1nc(N(C)C2CCCC(C)C2)sc1CO. The van der Waals surface area contributed by atoms with E-state index in [-0.39, 0.29) is 6.61 Å². The summed E-state index contributed by atoms with van der Waals surface area (Å²) >= 11 is 1.67. The second-order valence-electron chi connectivity index (χ2n) is 6.31. The number of aromatic nitrogens is 1. The predicted octanol–water partition coefficient (Wildman–Crippen LogP) is 4.16. The summed E-state index contributed by atoms with van der Waals surface area (Å²) in [5.41, 5.74) is 1.10. The number of hydrogen-bond donors (Lipinski definition) is 1. The van der Waals surface area contributed by atoms with Crippen molar-refractivity contribution in [1.29, 1.82) is 0 Å². The normalized spacial score (nSPS) is 24.6. The molecule has 1 heterocycles. The molecule has 1 aliphatic carbocycles. The highest BCUT2D eigenvalue weighted by Crippen LogP contribution is 2.35. The number of hydrogen-bond acceptors (Lipinski definition) is 4. The Morgan fingerprint density at radius 3 is 2.80 bits per heavy atom. The van der Waals surface area contributed by atoms with Gasteiger partial charge in [-0.3, -0.25) is 0 Å². The molecule has 0 aromatic carbocycles. The van der Waals surface area contributed by atoms with Crippen LogP contribution in [0.5, 0.6) is 0 Å². The van der Waals surface area contributed by atoms with Gasteiger partial charge in [0.05, 0.1) is 17.2 Å². The van der Waals surface area contributed by atoms with Gasteiger partial charge >= 0.3 is 0 Å². The Bertz CT molecular complexity index is 432. The van der Waals surface area contributed by atoms with Gasteiger partial charge in [-0.1, -0.05) is 44.9 Å². The highest BCUT2D eigenvalue weighted by atomic mass is 32.1. The second-order valence-corrected chi connectivity index (χ2v) is 7.37. The van der Waals surface area contributed by atoms with Crippen LogP contribution in [0.15, 0.2) is 0 Å². The molecule has 1 saturated carbocycles. The van der Waals surface area contributed by atoms with Crippen LogP contribution in [-0.4, -0.2) is 23.2 Å². The Kier molecular flexibility index (Phi) is 5.44. The Balaban J connectivity index is 2.17. The van der Waals surface area contributed by atoms with E-state index >= 15 is 0 Å². The van der Waals surface area contributed by atoms with E-state index in [1.54, 1.807) is 11.3 Å². The molecule has 3 nitrogen and oxygen atoms in total. The highest BCUT2D eigenvalue weighted by Gasteiger charge is 2.25. The first-order valence-electron chi connectivity index (χ1n) is 7.90. The maximum absolute atomic E-state index is 9.56. The van der Waals surface area contributed by atoms with Crippen LogP contribution in [0.2, 0.25) is 0 Å². The third kappa shape index (κ3) is 3.34. The van der Waals surface area contributed by atoms with Crippen LogP contribution in [0.25, 0.3) is 0 Å². The minimum absolute atomic E-state index is 0.117. The maximum Gasteiger partial charge on any atom is 0.185 e. The van der Waals surface area contributed by atoms with Crippen molar-refractivity contribution in [3.05, 3.63) is 10.6 Å². The van der Waals surface area contributed by atoms with E-state index in [1.165, 1.54) is 25.7 Å². The molecule has 1 aliphatic rings. The third-order valence-electron chi connectivity index (χ3n) is 4.70. The minimum atomic E-state index is 0.117. The maximum atomic E-state index is 9.56. The molecule has 0 radical (unpaired) electrons. The topological polar surface area (TPSA) is 36.4 Å². The standard InChI is InChI=1S/C16H28N2OS/c1-5-12(3)15-14(10-19)20-16(17-15)18(4)13-8-6-7-11(2)9-13/h11-13,19H,5-10H2,1-4H3. The molecular weight excluding hydrogens is 268 g/mol. The first-order chi connectivity index (χ1) is 9.56. The number of aliphatic hydroxyl groups is 1. The summed E-state index contributed by atoms with van der Waals surface area (Å²) in [4.78, 5) is 8.24. The van der Waals surface area contributed by atoms with Crippen molar-refractivity contribution in [2.45, 2.75) is 71.4 Å². The van der Waals surface area contributed by atoms with Gasteiger partial charge in [-0.2, -0.15) is 0 Å². The van der Waals surface area contributed by atoms with Gasteiger partial charge in [0.15, 0.2) is 5.13 Å². The Labute approximate surface area is 127 Å². The van der Waals surface area contributed by atoms with E-state index in [4.69, 9.17) is 4.98 Å². The molecule has 0 bridgehead atoms. The molecule has 1 aromatic heterocycles. The van der Waals surface area contributed by atoms with Gasteiger partial charge in [0.1, 0.15) is 0 Å². The van der Waals surface area contributed by atoms with Crippen LogP contribution in [0.4, 0.5) is 5.13 Å². The average molecular weight is 296 g/mol. The summed E-state index contributed by atoms with van der Waals surface area (Å²) in [6.07, 6.45) is 6.30. The lowest BCUT2D eigenvalue weighted by Crippen LogP contribution is -2.35. The van der Waals surface area contributed by atoms with Crippen LogP contribution in [0.1, 0.15) is 69.4 Å². The van der Waals surface area contributed by atoms with Crippen LogP contribution >= 0.6 is 11.3 Å². The molecule has 20 heavy (non-hydrogen) atoms. The molecule has 2 rings (SSSR count). The second kappa shape index (κ2) is 6.90. The highest BCUT2D eigenvalue weighted by molar-refractivity contribution is 7.15. The fourth-order valence-corrected chi connectivity index (χ4v) is 4.18. The van der Waals surface area contributed by atoms with E-state index in [9.17, 15) is 5.11 Å². The summed E-state index contributed by atoms with van der Waals surface area (Å²) < 4.78 is 0. The molecular formula is C16H28N2OS. The van der Waals surface area contributed by atoms with Gasteiger partial charge in [-0.25, -0.2) is 4.98 Å². The molecule has 114 valence electrons. The van der Waals surface area contributed by atoms with Gasteiger partial charge in [-0.15, -0.1) is 0 Å². The fraction of sp³-hybridized carbons (Fsp3) is 0.812. The average Bonchev–Trinajstić information content (AvgIpc) is 2.89. The van der Waals surface area contributed by atoms with Crippen LogP contribution in [0.3, 0.4) is 0 Å². The predicted molar refractivity (Wildman–Crippen MR) is 86.6 cm³/mol. The van der Waals surface area contributed by atoms with E-state index in [0.29, 0.717) is 12.0 Å². The molecule has 3 unspecified atom stereocenters. The van der Waals surface area contributed by atoms with Crippen molar-refractivity contribution in [2.75, 3.05) is 11.9 Å². The zero-order chi connectivity index (χ0) is 14.7. The molecule has 3 atom stereocenters. The van der Waals surface area contributed by atoms with Gasteiger partial charge in [0.25, 0.3) is 0 Å². The van der Waals surface area contributed by atoms with Crippen molar-refractivity contribution >= 4 is 16.5 Å². The zero-order valence-electron chi connectivity index (χ0n) is 13.2. The van der Waals surface area contributed by atoms with Crippen molar-refractivity contribution < 1.29 is 5.11 Å². The molecule has 0 spiro atoms. The Hall–Kier alpha value is -0.610. The number of thiazole rings is 1. The Morgan fingerprint density at radius 2 is 2.20 bits per heavy atom. The van der Waals surface area contributed by atoms with Gasteiger partial charge in [0, 0.05) is 13.1 Å². The van der Waals surface area contributed by atoms with E-state index in [0.717, 1.165) is 28.0 Å². The molecule has 1 fully saturated rings. The first kappa shape index (κ1) is 15.8. The summed E-state index contributed by atoms with van der Waals surface area (Å²) in [7, 11) is 2.17. The number of nitrogens with zero attached hydrogens (tertiary/aromatic N) is 2. The van der Waals surface area contributed by atoms with Crippen LogP contribution in [0, 0.1) is 5.92 Å². The number of anilines is 1. The molecule has 1 aromatic rings. The minimum Gasteiger partial charge on any atom is -0.391 e. The molecule has 0 saturated heterocycles. The van der Waals surface area contributed by atoms with Crippen molar-refractivity contribution in [2.24, 2.45) is 5.92 Å². The zero-order valence-corrected chi connectivity index (χ0v) is 14.0. The third-order valence-corrected chi connectivity index (χ3v) is 5.84. The quantitative estimate of drug-likeness (QED) is 0.886. The summed E-state index contributed by atoms with van der Waals surface area (Å²) in [6.45, 7) is 6.84. The smallest absolute Gasteiger partial charge is 0.185 e. The van der Waals surface area contributed by atoms with Gasteiger partial charge in [-0.05, 0) is 31.1 Å². The number of rotatable bonds is 5. The molecule has 4 heteroatoms. The number of aliphatic hydroxyl groups excluding tert-OH is 1. The van der Waals surface area contributed by atoms with E-state index < -0.39 is 0 Å².